The molecule has 1 aromatic rings. The molecule has 1 N–H and O–H groups in total. The molecule has 1 saturated heterocycles. The summed E-state index contributed by atoms with van der Waals surface area (Å²) >= 11 is 5.82. The summed E-state index contributed by atoms with van der Waals surface area (Å²) < 4.78 is 0. The van der Waals surface area contributed by atoms with E-state index in [-0.39, 0.29) is 0 Å². The van der Waals surface area contributed by atoms with Crippen LogP contribution in [0.1, 0.15) is 0 Å². The Kier molecular flexibility index (Phi) is 4.59. The molecule has 1 aromatic heterocycles. The molecule has 94 valence electrons. The van der Waals surface area contributed by atoms with Crippen molar-refractivity contribution in [2.24, 2.45) is 0 Å². The summed E-state index contributed by atoms with van der Waals surface area (Å²) in [5, 5.41) is 3.83. The number of nitrogens with zero attached hydrogens (tertiary/aromatic N) is 3. The highest BCUT2D eigenvalue weighted by atomic mass is 35.5. The molecule has 1 aliphatic rings. The minimum atomic E-state index is 0.537. The van der Waals surface area contributed by atoms with Crippen LogP contribution in [0.25, 0.3) is 0 Å². The Hall–Kier alpha value is -0.840. The molecule has 0 aromatic carbocycles. The topological polar surface area (TPSA) is 31.4 Å². The van der Waals surface area contributed by atoms with E-state index in [0.29, 0.717) is 5.15 Å². The number of nitrogens with one attached hydrogen (secondary N) is 1. The number of likely N-dealkylation sites (N-methyl/N-ethyl adjacent to an activating group) is 1. The van der Waals surface area contributed by atoms with Gasteiger partial charge in [-0.05, 0) is 19.2 Å². The highest BCUT2D eigenvalue weighted by molar-refractivity contribution is 6.29. The fraction of sp³-hybridized carbons (Fsp3) is 0.583. The van der Waals surface area contributed by atoms with Crippen LogP contribution in [0.3, 0.4) is 0 Å². The van der Waals surface area contributed by atoms with Gasteiger partial charge in [-0.15, -0.1) is 0 Å². The number of rotatable bonds is 4. The quantitative estimate of drug-likeness (QED) is 0.823. The molecule has 17 heavy (non-hydrogen) atoms. The predicted molar refractivity (Wildman–Crippen MR) is 71.7 cm³/mol. The molecule has 2 rings (SSSR count). The fourth-order valence-electron chi connectivity index (χ4n) is 1.92. The van der Waals surface area contributed by atoms with Crippen molar-refractivity contribution in [3.05, 3.63) is 23.4 Å². The molecular weight excluding hydrogens is 236 g/mol. The number of hydrogen-bond donors (Lipinski definition) is 1. The largest absolute Gasteiger partial charge is 0.369 e. The van der Waals surface area contributed by atoms with Gasteiger partial charge in [0, 0.05) is 39.3 Å². The van der Waals surface area contributed by atoms with E-state index in [9.17, 15) is 0 Å². The molecule has 1 fully saturated rings. The number of hydrogen-bond acceptors (Lipinski definition) is 4. The van der Waals surface area contributed by atoms with Crippen molar-refractivity contribution in [3.8, 4) is 0 Å². The highest BCUT2D eigenvalue weighted by Crippen LogP contribution is 2.08. The Morgan fingerprint density at radius 1 is 1.29 bits per heavy atom. The van der Waals surface area contributed by atoms with Crippen LogP contribution in [0.4, 0.5) is 5.82 Å². The third-order valence-electron chi connectivity index (χ3n) is 3.05. The maximum absolute atomic E-state index is 5.82. The SMILES string of the molecule is CN1CCN(CCNc2cccc(Cl)n2)CC1. The lowest BCUT2D eigenvalue weighted by molar-refractivity contribution is 0.158. The lowest BCUT2D eigenvalue weighted by Gasteiger charge is -2.32. The summed E-state index contributed by atoms with van der Waals surface area (Å²) in [5.74, 6) is 0.853. The highest BCUT2D eigenvalue weighted by Gasteiger charge is 2.12. The summed E-state index contributed by atoms with van der Waals surface area (Å²) in [6, 6.07) is 5.64. The normalized spacial score (nSPS) is 18.2. The first-order valence-electron chi connectivity index (χ1n) is 6.01. The molecule has 0 bridgehead atoms. The Morgan fingerprint density at radius 3 is 2.76 bits per heavy atom. The molecule has 0 unspecified atom stereocenters. The first-order chi connectivity index (χ1) is 8.24. The smallest absolute Gasteiger partial charge is 0.131 e. The van der Waals surface area contributed by atoms with Gasteiger partial charge in [0.15, 0.2) is 0 Å². The van der Waals surface area contributed by atoms with Crippen LogP contribution in [0.2, 0.25) is 5.15 Å². The van der Waals surface area contributed by atoms with E-state index in [1.165, 1.54) is 0 Å². The van der Waals surface area contributed by atoms with Gasteiger partial charge in [-0.2, -0.15) is 0 Å². The summed E-state index contributed by atoms with van der Waals surface area (Å²) in [6.07, 6.45) is 0. The average molecular weight is 255 g/mol. The third-order valence-corrected chi connectivity index (χ3v) is 3.26. The summed E-state index contributed by atoms with van der Waals surface area (Å²) in [4.78, 5) is 9.03. The van der Waals surface area contributed by atoms with E-state index >= 15 is 0 Å². The number of anilines is 1. The molecule has 2 heterocycles. The summed E-state index contributed by atoms with van der Waals surface area (Å²) in [5.41, 5.74) is 0. The van der Waals surface area contributed by atoms with Crippen molar-refractivity contribution in [1.29, 1.82) is 0 Å². The van der Waals surface area contributed by atoms with Crippen molar-refractivity contribution in [2.45, 2.75) is 0 Å². The zero-order valence-corrected chi connectivity index (χ0v) is 11.0. The van der Waals surface area contributed by atoms with Gasteiger partial charge in [-0.25, -0.2) is 4.98 Å². The van der Waals surface area contributed by atoms with Gasteiger partial charge in [-0.3, -0.25) is 4.90 Å². The zero-order valence-electron chi connectivity index (χ0n) is 10.2. The molecule has 0 radical (unpaired) electrons. The van der Waals surface area contributed by atoms with Crippen molar-refractivity contribution in [2.75, 3.05) is 51.6 Å². The van der Waals surface area contributed by atoms with E-state index in [1.807, 2.05) is 12.1 Å². The standard InChI is InChI=1S/C12H19ClN4/c1-16-7-9-17(10-8-16)6-5-14-12-4-2-3-11(13)15-12/h2-4H,5-10H2,1H3,(H,14,15). The van der Waals surface area contributed by atoms with Gasteiger partial charge in [0.1, 0.15) is 11.0 Å². The van der Waals surface area contributed by atoms with Crippen molar-refractivity contribution >= 4 is 17.4 Å². The monoisotopic (exact) mass is 254 g/mol. The van der Waals surface area contributed by atoms with E-state index < -0.39 is 0 Å². The maximum atomic E-state index is 5.82. The van der Waals surface area contributed by atoms with E-state index in [1.54, 1.807) is 6.07 Å². The Morgan fingerprint density at radius 2 is 2.06 bits per heavy atom. The number of piperazine rings is 1. The van der Waals surface area contributed by atoms with Crippen molar-refractivity contribution in [3.63, 3.8) is 0 Å². The van der Waals surface area contributed by atoms with E-state index in [2.05, 4.69) is 27.1 Å². The number of halogens is 1. The second-order valence-electron chi connectivity index (χ2n) is 4.42. The summed E-state index contributed by atoms with van der Waals surface area (Å²) in [7, 11) is 2.17. The third kappa shape index (κ3) is 4.15. The van der Waals surface area contributed by atoms with Crippen molar-refractivity contribution in [1.82, 2.24) is 14.8 Å². The van der Waals surface area contributed by atoms with Gasteiger partial charge < -0.3 is 10.2 Å². The van der Waals surface area contributed by atoms with Crippen LogP contribution in [-0.4, -0.2) is 61.1 Å². The molecule has 1 aliphatic heterocycles. The molecule has 5 heteroatoms. The van der Waals surface area contributed by atoms with Crippen molar-refractivity contribution < 1.29 is 0 Å². The Bertz CT molecular complexity index is 350. The van der Waals surface area contributed by atoms with Crippen LogP contribution >= 0.6 is 11.6 Å². The number of aromatic nitrogens is 1. The minimum absolute atomic E-state index is 0.537. The predicted octanol–water partition coefficient (Wildman–Crippen LogP) is 1.39. The zero-order chi connectivity index (χ0) is 12.1. The second-order valence-corrected chi connectivity index (χ2v) is 4.80. The molecular formula is C12H19ClN4. The van der Waals surface area contributed by atoms with Crippen LogP contribution in [0.5, 0.6) is 0 Å². The lowest BCUT2D eigenvalue weighted by atomic mass is 10.3. The second kappa shape index (κ2) is 6.19. The first kappa shape index (κ1) is 12.6. The maximum Gasteiger partial charge on any atom is 0.131 e. The molecule has 0 saturated carbocycles. The number of pyridine rings is 1. The van der Waals surface area contributed by atoms with Gasteiger partial charge in [0.05, 0.1) is 0 Å². The van der Waals surface area contributed by atoms with Gasteiger partial charge in [0.25, 0.3) is 0 Å². The molecule has 4 nitrogen and oxygen atoms in total. The van der Waals surface area contributed by atoms with E-state index in [0.717, 1.165) is 45.1 Å². The summed E-state index contributed by atoms with van der Waals surface area (Å²) in [6.45, 7) is 6.60. The van der Waals surface area contributed by atoms with E-state index in [4.69, 9.17) is 11.6 Å². The van der Waals surface area contributed by atoms with Crippen LogP contribution < -0.4 is 5.32 Å². The minimum Gasteiger partial charge on any atom is -0.369 e. The molecule has 0 aliphatic carbocycles. The average Bonchev–Trinajstić information content (AvgIpc) is 2.32. The van der Waals surface area contributed by atoms with Gasteiger partial charge in [0.2, 0.25) is 0 Å². The first-order valence-corrected chi connectivity index (χ1v) is 6.39. The van der Waals surface area contributed by atoms with Gasteiger partial charge in [-0.1, -0.05) is 17.7 Å². The van der Waals surface area contributed by atoms with Crippen LogP contribution in [0.15, 0.2) is 18.2 Å². The van der Waals surface area contributed by atoms with Crippen LogP contribution in [-0.2, 0) is 0 Å². The van der Waals surface area contributed by atoms with Gasteiger partial charge >= 0.3 is 0 Å². The molecule has 0 atom stereocenters. The fourth-order valence-corrected chi connectivity index (χ4v) is 2.08. The Labute approximate surface area is 108 Å². The lowest BCUT2D eigenvalue weighted by Crippen LogP contribution is -2.45. The van der Waals surface area contributed by atoms with Crippen LogP contribution in [0, 0.1) is 0 Å². The Balaban J connectivity index is 1.69. The molecule has 0 spiro atoms. The molecule has 0 amide bonds.